The number of nitrogens with one attached hydrogen (secondary N) is 1. The molecule has 104 valence electrons. The van der Waals surface area contributed by atoms with E-state index in [0.29, 0.717) is 19.2 Å². The van der Waals surface area contributed by atoms with Crippen molar-refractivity contribution < 1.29 is 9.53 Å². The van der Waals surface area contributed by atoms with Crippen LogP contribution in [-0.2, 0) is 9.53 Å². The van der Waals surface area contributed by atoms with Gasteiger partial charge in [0.2, 0.25) is 5.91 Å². The normalized spacial score (nSPS) is 21.1. The second-order valence-electron chi connectivity index (χ2n) is 5.18. The van der Waals surface area contributed by atoms with E-state index in [1.807, 2.05) is 4.90 Å². The van der Waals surface area contributed by atoms with Crippen molar-refractivity contribution in [1.82, 2.24) is 15.1 Å². The Morgan fingerprint density at radius 3 is 2.94 bits per heavy atom. The van der Waals surface area contributed by atoms with Gasteiger partial charge in [0.25, 0.3) is 0 Å². The molecule has 0 atom stereocenters. The fourth-order valence-electron chi connectivity index (χ4n) is 2.41. The standard InChI is InChI=1S/C13H25N3O2/c1-18-10-9-16(12-3-4-12)11-13(17)15-7-2-5-14-6-8-15/h12,14H,2-11H2,1H3. The fraction of sp³-hybridized carbons (Fsp3) is 0.923. The van der Waals surface area contributed by atoms with Gasteiger partial charge in [-0.25, -0.2) is 0 Å². The Kier molecular flexibility index (Phi) is 5.41. The third-order valence-corrected chi connectivity index (χ3v) is 3.68. The summed E-state index contributed by atoms with van der Waals surface area (Å²) in [5, 5.41) is 3.33. The Morgan fingerprint density at radius 1 is 1.39 bits per heavy atom. The van der Waals surface area contributed by atoms with Gasteiger partial charge in [0.15, 0.2) is 0 Å². The summed E-state index contributed by atoms with van der Waals surface area (Å²) in [6.07, 6.45) is 3.53. The highest BCUT2D eigenvalue weighted by atomic mass is 16.5. The third kappa shape index (κ3) is 4.23. The Labute approximate surface area is 109 Å². The van der Waals surface area contributed by atoms with Gasteiger partial charge in [0.1, 0.15) is 0 Å². The van der Waals surface area contributed by atoms with Crippen LogP contribution in [0.25, 0.3) is 0 Å². The van der Waals surface area contributed by atoms with Gasteiger partial charge in [0.05, 0.1) is 13.2 Å². The number of methoxy groups -OCH3 is 1. The number of nitrogens with zero attached hydrogens (tertiary/aromatic N) is 2. The maximum Gasteiger partial charge on any atom is 0.236 e. The molecule has 5 nitrogen and oxygen atoms in total. The first-order valence-electron chi connectivity index (χ1n) is 7.02. The maximum absolute atomic E-state index is 12.3. The summed E-state index contributed by atoms with van der Waals surface area (Å²) < 4.78 is 5.12. The van der Waals surface area contributed by atoms with Crippen molar-refractivity contribution in [2.75, 3.05) is 53.0 Å². The first-order chi connectivity index (χ1) is 8.81. The monoisotopic (exact) mass is 255 g/mol. The predicted octanol–water partition coefficient (Wildman–Crippen LogP) is -0.0809. The predicted molar refractivity (Wildman–Crippen MR) is 70.5 cm³/mol. The van der Waals surface area contributed by atoms with Crippen LogP contribution in [0.1, 0.15) is 19.3 Å². The van der Waals surface area contributed by atoms with Crippen molar-refractivity contribution in [2.24, 2.45) is 0 Å². The van der Waals surface area contributed by atoms with Crippen LogP contribution in [0, 0.1) is 0 Å². The average molecular weight is 255 g/mol. The van der Waals surface area contributed by atoms with E-state index in [4.69, 9.17) is 4.74 Å². The van der Waals surface area contributed by atoms with Crippen molar-refractivity contribution in [3.8, 4) is 0 Å². The second kappa shape index (κ2) is 7.07. The lowest BCUT2D eigenvalue weighted by Crippen LogP contribution is -2.43. The summed E-state index contributed by atoms with van der Waals surface area (Å²) in [6.45, 7) is 5.85. The van der Waals surface area contributed by atoms with Gasteiger partial charge >= 0.3 is 0 Å². The molecule has 1 aliphatic heterocycles. The van der Waals surface area contributed by atoms with Gasteiger partial charge in [-0.1, -0.05) is 0 Å². The molecule has 1 amide bonds. The van der Waals surface area contributed by atoms with Crippen LogP contribution >= 0.6 is 0 Å². The molecule has 18 heavy (non-hydrogen) atoms. The molecule has 2 rings (SSSR count). The molecule has 0 spiro atoms. The van der Waals surface area contributed by atoms with Gasteiger partial charge in [0, 0.05) is 39.3 Å². The number of hydrogen-bond acceptors (Lipinski definition) is 4. The molecule has 0 aromatic rings. The fourth-order valence-corrected chi connectivity index (χ4v) is 2.41. The number of hydrogen-bond donors (Lipinski definition) is 1. The van der Waals surface area contributed by atoms with Crippen LogP contribution in [-0.4, -0.2) is 74.7 Å². The molecule has 0 radical (unpaired) electrons. The molecular formula is C13H25N3O2. The first-order valence-corrected chi connectivity index (χ1v) is 7.02. The molecule has 2 fully saturated rings. The van der Waals surface area contributed by atoms with E-state index < -0.39 is 0 Å². The molecule has 0 bridgehead atoms. The molecule has 0 aromatic carbocycles. The SMILES string of the molecule is COCCN(CC(=O)N1CCCNCC1)C1CC1. The lowest BCUT2D eigenvalue weighted by molar-refractivity contribution is -0.132. The summed E-state index contributed by atoms with van der Waals surface area (Å²) in [5.41, 5.74) is 0. The summed E-state index contributed by atoms with van der Waals surface area (Å²) in [5.74, 6) is 0.279. The van der Waals surface area contributed by atoms with E-state index >= 15 is 0 Å². The summed E-state index contributed by atoms with van der Waals surface area (Å²) in [7, 11) is 1.72. The minimum atomic E-state index is 0.279. The van der Waals surface area contributed by atoms with E-state index in [0.717, 1.165) is 39.1 Å². The zero-order valence-electron chi connectivity index (χ0n) is 11.4. The number of amides is 1. The highest BCUT2D eigenvalue weighted by Gasteiger charge is 2.31. The zero-order valence-corrected chi connectivity index (χ0v) is 11.4. The third-order valence-electron chi connectivity index (χ3n) is 3.68. The zero-order chi connectivity index (χ0) is 12.8. The largest absolute Gasteiger partial charge is 0.383 e. The van der Waals surface area contributed by atoms with Gasteiger partial charge in [-0.15, -0.1) is 0 Å². The Bertz CT molecular complexity index is 261. The van der Waals surface area contributed by atoms with Crippen LogP contribution in [0.4, 0.5) is 0 Å². The molecule has 0 aromatic heterocycles. The van der Waals surface area contributed by atoms with E-state index in [-0.39, 0.29) is 5.91 Å². The number of rotatable bonds is 6. The smallest absolute Gasteiger partial charge is 0.236 e. The lowest BCUT2D eigenvalue weighted by atomic mass is 10.3. The molecule has 2 aliphatic rings. The van der Waals surface area contributed by atoms with Crippen LogP contribution in [0.2, 0.25) is 0 Å². The summed E-state index contributed by atoms with van der Waals surface area (Å²) in [6, 6.07) is 0.620. The van der Waals surface area contributed by atoms with Crippen LogP contribution in [0.3, 0.4) is 0 Å². The van der Waals surface area contributed by atoms with E-state index in [9.17, 15) is 4.79 Å². The molecule has 1 N–H and O–H groups in total. The molecule has 1 saturated heterocycles. The Morgan fingerprint density at radius 2 is 2.22 bits per heavy atom. The van der Waals surface area contributed by atoms with Gasteiger partial charge < -0.3 is 15.0 Å². The van der Waals surface area contributed by atoms with E-state index in [1.54, 1.807) is 7.11 Å². The maximum atomic E-state index is 12.3. The first kappa shape index (κ1) is 13.8. The molecule has 1 aliphatic carbocycles. The number of carbonyl (C=O) groups is 1. The quantitative estimate of drug-likeness (QED) is 0.721. The van der Waals surface area contributed by atoms with Crippen LogP contribution in [0.5, 0.6) is 0 Å². The molecule has 1 heterocycles. The summed E-state index contributed by atoms with van der Waals surface area (Å²) >= 11 is 0. The number of carbonyl (C=O) groups excluding carboxylic acids is 1. The van der Waals surface area contributed by atoms with Crippen molar-refractivity contribution in [2.45, 2.75) is 25.3 Å². The molecular weight excluding hydrogens is 230 g/mol. The minimum absolute atomic E-state index is 0.279. The minimum Gasteiger partial charge on any atom is -0.383 e. The topological polar surface area (TPSA) is 44.8 Å². The lowest BCUT2D eigenvalue weighted by Gasteiger charge is -2.26. The van der Waals surface area contributed by atoms with Crippen molar-refractivity contribution in [1.29, 1.82) is 0 Å². The van der Waals surface area contributed by atoms with Crippen molar-refractivity contribution in [3.63, 3.8) is 0 Å². The van der Waals surface area contributed by atoms with Crippen molar-refractivity contribution >= 4 is 5.91 Å². The van der Waals surface area contributed by atoms with Crippen LogP contribution < -0.4 is 5.32 Å². The van der Waals surface area contributed by atoms with E-state index in [2.05, 4.69) is 10.2 Å². The molecule has 5 heteroatoms. The molecule has 1 saturated carbocycles. The van der Waals surface area contributed by atoms with Crippen molar-refractivity contribution in [3.05, 3.63) is 0 Å². The second-order valence-corrected chi connectivity index (χ2v) is 5.18. The van der Waals surface area contributed by atoms with E-state index in [1.165, 1.54) is 12.8 Å². The highest BCUT2D eigenvalue weighted by Crippen LogP contribution is 2.26. The molecule has 0 unspecified atom stereocenters. The Hall–Kier alpha value is -0.650. The number of ether oxygens (including phenoxy) is 1. The Balaban J connectivity index is 1.79. The average Bonchev–Trinajstić information content (AvgIpc) is 3.18. The summed E-state index contributed by atoms with van der Waals surface area (Å²) in [4.78, 5) is 16.6. The van der Waals surface area contributed by atoms with Gasteiger partial charge in [-0.2, -0.15) is 0 Å². The van der Waals surface area contributed by atoms with Crippen LogP contribution in [0.15, 0.2) is 0 Å². The van der Waals surface area contributed by atoms with Gasteiger partial charge in [-0.05, 0) is 25.8 Å². The highest BCUT2D eigenvalue weighted by molar-refractivity contribution is 5.78. The van der Waals surface area contributed by atoms with Gasteiger partial charge in [-0.3, -0.25) is 9.69 Å².